The maximum atomic E-state index is 12.8. The zero-order chi connectivity index (χ0) is 44.2. The monoisotopic (exact) mass is 848 g/mol. The van der Waals surface area contributed by atoms with Crippen LogP contribution >= 0.6 is 0 Å². The fourth-order valence-electron chi connectivity index (χ4n) is 6.74. The van der Waals surface area contributed by atoms with Crippen molar-refractivity contribution in [2.45, 2.75) is 225 Å². The summed E-state index contributed by atoms with van der Waals surface area (Å²) in [6.07, 6.45) is 46.0. The van der Waals surface area contributed by atoms with Crippen LogP contribution < -0.4 is 5.11 Å². The summed E-state index contributed by atoms with van der Waals surface area (Å²) in [6, 6.07) is 0. The molecule has 0 bridgehead atoms. The lowest BCUT2D eigenvalue weighted by Gasteiger charge is -2.26. The molecular formula is C51H93NO8. The highest BCUT2D eigenvalue weighted by Gasteiger charge is 2.21. The largest absolute Gasteiger partial charge is 0.545 e. The van der Waals surface area contributed by atoms with E-state index in [0.717, 1.165) is 70.6 Å². The van der Waals surface area contributed by atoms with Crippen molar-refractivity contribution >= 4 is 17.9 Å². The van der Waals surface area contributed by atoms with Gasteiger partial charge in [-0.2, -0.15) is 0 Å². The van der Waals surface area contributed by atoms with Crippen LogP contribution in [0.3, 0.4) is 0 Å². The van der Waals surface area contributed by atoms with Crippen molar-refractivity contribution in [1.82, 2.24) is 0 Å². The molecule has 0 saturated carbocycles. The zero-order valence-electron chi connectivity index (χ0n) is 39.6. The Labute approximate surface area is 369 Å². The van der Waals surface area contributed by atoms with E-state index in [-0.39, 0.29) is 38.6 Å². The molecule has 0 aliphatic carbocycles. The molecule has 0 aromatic heterocycles. The molecule has 0 amide bonds. The molecule has 0 aromatic carbocycles. The molecule has 0 rings (SSSR count). The van der Waals surface area contributed by atoms with Gasteiger partial charge in [-0.1, -0.05) is 166 Å². The number of hydrogen-bond acceptors (Lipinski definition) is 8. The highest BCUT2D eigenvalue weighted by molar-refractivity contribution is 5.70. The van der Waals surface area contributed by atoms with Crippen LogP contribution in [0.2, 0.25) is 0 Å². The molecular weight excluding hydrogens is 755 g/mol. The molecule has 0 N–H and O–H groups in total. The lowest BCUT2D eigenvalue weighted by atomic mass is 10.1. The van der Waals surface area contributed by atoms with Crippen molar-refractivity contribution in [2.24, 2.45) is 0 Å². The Hall–Kier alpha value is -2.49. The summed E-state index contributed by atoms with van der Waals surface area (Å²) >= 11 is 0. The molecule has 0 aliphatic heterocycles. The van der Waals surface area contributed by atoms with E-state index < -0.39 is 24.3 Å². The van der Waals surface area contributed by atoms with Crippen LogP contribution in [0.5, 0.6) is 0 Å². The molecule has 0 aromatic rings. The average molecular weight is 848 g/mol. The lowest BCUT2D eigenvalue weighted by Crippen LogP contribution is -2.44. The Morgan fingerprint density at radius 1 is 0.500 bits per heavy atom. The van der Waals surface area contributed by atoms with E-state index in [0.29, 0.717) is 17.4 Å². The highest BCUT2D eigenvalue weighted by Crippen LogP contribution is 2.14. The van der Waals surface area contributed by atoms with Gasteiger partial charge in [0.2, 0.25) is 0 Å². The van der Waals surface area contributed by atoms with Crippen LogP contribution in [0.4, 0.5) is 0 Å². The van der Waals surface area contributed by atoms with E-state index in [4.69, 9.17) is 18.9 Å². The van der Waals surface area contributed by atoms with Gasteiger partial charge in [0.25, 0.3) is 0 Å². The Balaban J connectivity index is 4.37. The predicted octanol–water partition coefficient (Wildman–Crippen LogP) is 12.1. The number of unbranched alkanes of at least 4 members (excludes halogenated alkanes) is 24. The van der Waals surface area contributed by atoms with Crippen molar-refractivity contribution in [3.8, 4) is 0 Å². The second-order valence-corrected chi connectivity index (χ2v) is 17.7. The van der Waals surface area contributed by atoms with Crippen LogP contribution in [-0.2, 0) is 33.3 Å². The highest BCUT2D eigenvalue weighted by atomic mass is 16.7. The van der Waals surface area contributed by atoms with Gasteiger partial charge in [0.05, 0.1) is 40.3 Å². The Morgan fingerprint density at radius 2 is 0.900 bits per heavy atom. The van der Waals surface area contributed by atoms with Gasteiger partial charge in [0.1, 0.15) is 13.2 Å². The molecule has 0 saturated heterocycles. The maximum Gasteiger partial charge on any atom is 0.306 e. The molecule has 0 radical (unpaired) electrons. The SMILES string of the molecule is CCCCCCC/C=C\C/C=C\CCCCCCCCCCCC(=O)OC(COC(=O)CCCCCCC/C=C\CCCCCCC)COC(OCC[N+](C)(C)C)C(=O)[O-]. The minimum Gasteiger partial charge on any atom is -0.545 e. The van der Waals surface area contributed by atoms with Gasteiger partial charge in [0.15, 0.2) is 12.4 Å². The third kappa shape index (κ3) is 43.6. The molecule has 9 nitrogen and oxygen atoms in total. The summed E-state index contributed by atoms with van der Waals surface area (Å²) < 4.78 is 22.6. The van der Waals surface area contributed by atoms with Gasteiger partial charge >= 0.3 is 11.9 Å². The number of nitrogens with zero attached hydrogens (tertiary/aromatic N) is 1. The molecule has 2 atom stereocenters. The van der Waals surface area contributed by atoms with Crippen LogP contribution in [0.25, 0.3) is 0 Å². The third-order valence-electron chi connectivity index (χ3n) is 10.6. The average Bonchev–Trinajstić information content (AvgIpc) is 3.21. The van der Waals surface area contributed by atoms with Gasteiger partial charge in [-0.3, -0.25) is 9.59 Å². The molecule has 0 spiro atoms. The van der Waals surface area contributed by atoms with Crippen molar-refractivity contribution in [3.63, 3.8) is 0 Å². The second-order valence-electron chi connectivity index (χ2n) is 17.7. The van der Waals surface area contributed by atoms with Crippen molar-refractivity contribution in [3.05, 3.63) is 36.5 Å². The number of likely N-dealkylation sites (N-methyl/N-ethyl adjacent to an activating group) is 1. The quantitative estimate of drug-likeness (QED) is 0.0196. The van der Waals surface area contributed by atoms with Crippen molar-refractivity contribution in [2.75, 3.05) is 47.5 Å². The number of ether oxygens (including phenoxy) is 4. The van der Waals surface area contributed by atoms with Gasteiger partial charge in [0, 0.05) is 12.8 Å². The molecule has 9 heteroatoms. The number of carboxylic acids is 1. The molecule has 350 valence electrons. The smallest absolute Gasteiger partial charge is 0.306 e. The molecule has 0 fully saturated rings. The van der Waals surface area contributed by atoms with E-state index >= 15 is 0 Å². The fourth-order valence-corrected chi connectivity index (χ4v) is 6.74. The maximum absolute atomic E-state index is 12.8. The first-order valence-electron chi connectivity index (χ1n) is 24.6. The topological polar surface area (TPSA) is 111 Å². The van der Waals surface area contributed by atoms with Gasteiger partial charge < -0.3 is 33.3 Å². The number of hydrogen-bond donors (Lipinski definition) is 0. The van der Waals surface area contributed by atoms with E-state index in [2.05, 4.69) is 50.3 Å². The summed E-state index contributed by atoms with van der Waals surface area (Å²) in [5.74, 6) is -2.30. The number of quaternary nitrogens is 1. The summed E-state index contributed by atoms with van der Waals surface area (Å²) in [5, 5.41) is 11.7. The van der Waals surface area contributed by atoms with Crippen LogP contribution in [0.1, 0.15) is 213 Å². The lowest BCUT2D eigenvalue weighted by molar-refractivity contribution is -0.870. The molecule has 2 unspecified atom stereocenters. The number of carboxylic acid groups (broad SMARTS) is 1. The Morgan fingerprint density at radius 3 is 1.33 bits per heavy atom. The van der Waals surface area contributed by atoms with Crippen LogP contribution in [0.15, 0.2) is 36.5 Å². The first-order valence-corrected chi connectivity index (χ1v) is 24.6. The number of aliphatic carboxylic acids is 1. The number of allylic oxidation sites excluding steroid dienone is 6. The summed E-state index contributed by atoms with van der Waals surface area (Å²) in [5.41, 5.74) is 0. The molecule has 0 heterocycles. The fraction of sp³-hybridized carbons (Fsp3) is 0.824. The number of rotatable bonds is 45. The summed E-state index contributed by atoms with van der Waals surface area (Å²) in [6.45, 7) is 4.72. The second kappa shape index (κ2) is 43.2. The number of carbonyl (C=O) groups is 3. The number of carbonyl (C=O) groups excluding carboxylic acids is 3. The zero-order valence-corrected chi connectivity index (χ0v) is 39.6. The van der Waals surface area contributed by atoms with Crippen LogP contribution in [0, 0.1) is 0 Å². The summed E-state index contributed by atoms with van der Waals surface area (Å²) in [4.78, 5) is 37.1. The Bertz CT molecular complexity index is 1080. The standard InChI is InChI=1S/C51H93NO8/c1-6-8-10-12-14-16-18-20-22-23-24-25-26-27-28-30-32-34-36-38-40-42-49(54)60-47(46-59-51(50(55)56)57-44-43-52(3,4)5)45-58-48(53)41-39-37-35-33-31-29-21-19-17-15-13-11-9-7-2/h18-21,23-24,47,51H,6-17,22,25-46H2,1-5H3/b20-18-,21-19-,24-23-. The number of esters is 2. The molecule has 0 aliphatic rings. The van der Waals surface area contributed by atoms with Gasteiger partial charge in [-0.25, -0.2) is 0 Å². The van der Waals surface area contributed by atoms with E-state index in [1.165, 1.54) is 109 Å². The third-order valence-corrected chi connectivity index (χ3v) is 10.6. The molecule has 60 heavy (non-hydrogen) atoms. The first kappa shape index (κ1) is 57.5. The first-order chi connectivity index (χ1) is 29.1. The van der Waals surface area contributed by atoms with E-state index in [1.807, 2.05) is 21.1 Å². The Kier molecular flexibility index (Phi) is 41.4. The van der Waals surface area contributed by atoms with E-state index in [1.54, 1.807) is 0 Å². The predicted molar refractivity (Wildman–Crippen MR) is 246 cm³/mol. The van der Waals surface area contributed by atoms with Crippen molar-refractivity contribution in [1.29, 1.82) is 0 Å². The summed E-state index contributed by atoms with van der Waals surface area (Å²) in [7, 11) is 5.91. The van der Waals surface area contributed by atoms with Crippen molar-refractivity contribution < 1.29 is 42.9 Å². The van der Waals surface area contributed by atoms with E-state index in [9.17, 15) is 19.5 Å². The minimum absolute atomic E-state index is 0.146. The van der Waals surface area contributed by atoms with Crippen LogP contribution in [-0.4, -0.2) is 82.3 Å². The minimum atomic E-state index is -1.62. The van der Waals surface area contributed by atoms with Gasteiger partial charge in [-0.15, -0.1) is 0 Å². The van der Waals surface area contributed by atoms with Gasteiger partial charge in [-0.05, 0) is 70.6 Å². The normalized spacial score (nSPS) is 13.2.